The second-order valence-corrected chi connectivity index (χ2v) is 9.09. The Hall–Kier alpha value is -2.90. The molecule has 4 heterocycles. The molecule has 2 unspecified atom stereocenters. The Kier molecular flexibility index (Phi) is 5.85. The number of pyridine rings is 1. The molecule has 5 rings (SSSR count). The molecular formula is C24H30N4O4. The van der Waals surface area contributed by atoms with Gasteiger partial charge < -0.3 is 19.1 Å². The first-order valence-electron chi connectivity index (χ1n) is 11.6. The van der Waals surface area contributed by atoms with Crippen LogP contribution in [0.5, 0.6) is 17.5 Å². The minimum absolute atomic E-state index is 0.00427. The average molecular weight is 439 g/mol. The van der Waals surface area contributed by atoms with Crippen LogP contribution >= 0.6 is 0 Å². The summed E-state index contributed by atoms with van der Waals surface area (Å²) in [7, 11) is 0. The summed E-state index contributed by atoms with van der Waals surface area (Å²) in [6.07, 6.45) is 11.1. The van der Waals surface area contributed by atoms with Gasteiger partial charge in [-0.05, 0) is 64.5 Å². The summed E-state index contributed by atoms with van der Waals surface area (Å²) >= 11 is 0. The van der Waals surface area contributed by atoms with Gasteiger partial charge in [0.15, 0.2) is 5.75 Å². The van der Waals surface area contributed by atoms with Crippen molar-refractivity contribution in [3.8, 4) is 17.5 Å². The summed E-state index contributed by atoms with van der Waals surface area (Å²) < 4.78 is 18.1. The fourth-order valence-electron chi connectivity index (χ4n) is 5.21. The lowest BCUT2D eigenvalue weighted by Crippen LogP contribution is -2.50. The van der Waals surface area contributed by atoms with E-state index in [0.29, 0.717) is 17.5 Å². The molecule has 8 nitrogen and oxygen atoms in total. The summed E-state index contributed by atoms with van der Waals surface area (Å²) in [6, 6.07) is 4.03. The smallest absolute Gasteiger partial charge is 0.410 e. The first-order valence-corrected chi connectivity index (χ1v) is 11.6. The molecule has 1 amide bonds. The highest BCUT2D eigenvalue weighted by Crippen LogP contribution is 2.39. The number of rotatable bonds is 5. The highest BCUT2D eigenvalue weighted by atomic mass is 16.6. The molecule has 2 bridgehead atoms. The number of piperidine rings is 1. The number of ether oxygens (including phenoxy) is 3. The minimum Gasteiger partial charge on any atom is -0.474 e. The van der Waals surface area contributed by atoms with E-state index in [-0.39, 0.29) is 30.4 Å². The van der Waals surface area contributed by atoms with E-state index < -0.39 is 0 Å². The molecule has 8 heteroatoms. The van der Waals surface area contributed by atoms with E-state index >= 15 is 0 Å². The molecule has 3 fully saturated rings. The molecule has 2 aliphatic heterocycles. The number of carbonyl (C=O) groups excluding carboxylic acids is 1. The van der Waals surface area contributed by atoms with E-state index in [1.165, 1.54) is 6.33 Å². The van der Waals surface area contributed by atoms with E-state index in [0.717, 1.165) is 62.6 Å². The van der Waals surface area contributed by atoms with Crippen LogP contribution in [0.2, 0.25) is 0 Å². The average Bonchev–Trinajstić information content (AvgIpc) is 3.38. The van der Waals surface area contributed by atoms with Crippen molar-refractivity contribution in [1.82, 2.24) is 19.9 Å². The highest BCUT2D eigenvalue weighted by Gasteiger charge is 2.45. The zero-order chi connectivity index (χ0) is 22.1. The van der Waals surface area contributed by atoms with Crippen molar-refractivity contribution in [1.29, 1.82) is 0 Å². The molecule has 0 spiro atoms. The molecule has 2 saturated heterocycles. The fraction of sp³-hybridized carbons (Fsp3) is 0.583. The van der Waals surface area contributed by atoms with Crippen molar-refractivity contribution >= 4 is 6.09 Å². The number of fused-ring (bicyclic) bond motifs is 2. The zero-order valence-corrected chi connectivity index (χ0v) is 18.7. The molecule has 1 saturated carbocycles. The summed E-state index contributed by atoms with van der Waals surface area (Å²) in [5, 5.41) is 0. The van der Waals surface area contributed by atoms with Crippen molar-refractivity contribution in [3.63, 3.8) is 0 Å². The SMILES string of the molecule is Cc1ncccc1Oc1ncnc(OC2CC3CCC(C2)N3C(=O)OC2CCCC2)c1C. The van der Waals surface area contributed by atoms with Crippen LogP contribution in [0.4, 0.5) is 4.79 Å². The molecule has 1 aliphatic carbocycles. The Balaban J connectivity index is 1.24. The van der Waals surface area contributed by atoms with Gasteiger partial charge in [-0.3, -0.25) is 4.98 Å². The number of aromatic nitrogens is 3. The van der Waals surface area contributed by atoms with Gasteiger partial charge in [-0.1, -0.05) is 0 Å². The first kappa shape index (κ1) is 21.0. The number of hydrogen-bond donors (Lipinski definition) is 0. The van der Waals surface area contributed by atoms with Gasteiger partial charge in [0.1, 0.15) is 18.5 Å². The maximum absolute atomic E-state index is 12.8. The van der Waals surface area contributed by atoms with Crippen LogP contribution in [0.25, 0.3) is 0 Å². The summed E-state index contributed by atoms with van der Waals surface area (Å²) in [5.74, 6) is 1.65. The minimum atomic E-state index is -0.136. The van der Waals surface area contributed by atoms with Gasteiger partial charge in [-0.2, -0.15) is 0 Å². The van der Waals surface area contributed by atoms with Gasteiger partial charge in [-0.25, -0.2) is 14.8 Å². The van der Waals surface area contributed by atoms with Crippen molar-refractivity contribution in [2.75, 3.05) is 0 Å². The zero-order valence-electron chi connectivity index (χ0n) is 18.7. The number of hydrogen-bond acceptors (Lipinski definition) is 7. The topological polar surface area (TPSA) is 86.7 Å². The molecule has 0 radical (unpaired) electrons. The van der Waals surface area contributed by atoms with Gasteiger partial charge in [0.25, 0.3) is 0 Å². The molecule has 32 heavy (non-hydrogen) atoms. The van der Waals surface area contributed by atoms with E-state index in [1.54, 1.807) is 6.20 Å². The van der Waals surface area contributed by atoms with Gasteiger partial charge >= 0.3 is 6.09 Å². The standard InChI is InChI=1S/C24H30N4O4/c1-15-22(26-14-27-23(15)32-21-8-5-11-25-16(21)2)30-20-12-17-9-10-18(13-20)28(17)24(29)31-19-6-3-4-7-19/h5,8,11,14,17-20H,3-4,6-7,9-10,12-13H2,1-2H3. The molecule has 2 aromatic rings. The third-order valence-corrected chi connectivity index (χ3v) is 6.91. The largest absolute Gasteiger partial charge is 0.474 e. The van der Waals surface area contributed by atoms with E-state index in [1.807, 2.05) is 30.9 Å². The van der Waals surface area contributed by atoms with Crippen LogP contribution in [0, 0.1) is 13.8 Å². The fourth-order valence-corrected chi connectivity index (χ4v) is 5.21. The third kappa shape index (κ3) is 4.23. The van der Waals surface area contributed by atoms with Crippen molar-refractivity contribution in [3.05, 3.63) is 35.9 Å². The Bertz CT molecular complexity index is 964. The van der Waals surface area contributed by atoms with Crippen LogP contribution in [0.3, 0.4) is 0 Å². The number of amides is 1. The van der Waals surface area contributed by atoms with E-state index in [9.17, 15) is 4.79 Å². The summed E-state index contributed by atoms with van der Waals surface area (Å²) in [4.78, 5) is 27.7. The monoisotopic (exact) mass is 438 g/mol. The van der Waals surface area contributed by atoms with Crippen LogP contribution in [0.1, 0.15) is 62.6 Å². The van der Waals surface area contributed by atoms with Gasteiger partial charge in [0, 0.05) is 31.1 Å². The van der Waals surface area contributed by atoms with Crippen LogP contribution in [-0.4, -0.2) is 50.2 Å². The van der Waals surface area contributed by atoms with Crippen molar-refractivity contribution < 1.29 is 19.0 Å². The summed E-state index contributed by atoms with van der Waals surface area (Å²) in [5.41, 5.74) is 1.55. The normalized spacial score (nSPS) is 25.1. The molecule has 2 aromatic heterocycles. The highest BCUT2D eigenvalue weighted by molar-refractivity contribution is 5.69. The Morgan fingerprint density at radius 2 is 1.69 bits per heavy atom. The maximum atomic E-state index is 12.8. The maximum Gasteiger partial charge on any atom is 0.410 e. The quantitative estimate of drug-likeness (QED) is 0.667. The van der Waals surface area contributed by atoms with Crippen molar-refractivity contribution in [2.24, 2.45) is 0 Å². The van der Waals surface area contributed by atoms with Gasteiger partial charge in [0.2, 0.25) is 11.8 Å². The van der Waals surface area contributed by atoms with Crippen molar-refractivity contribution in [2.45, 2.75) is 89.5 Å². The lowest BCUT2D eigenvalue weighted by Gasteiger charge is -2.38. The van der Waals surface area contributed by atoms with E-state index in [4.69, 9.17) is 14.2 Å². The Morgan fingerprint density at radius 3 is 2.41 bits per heavy atom. The van der Waals surface area contributed by atoms with Crippen LogP contribution in [-0.2, 0) is 4.74 Å². The van der Waals surface area contributed by atoms with Gasteiger partial charge in [-0.15, -0.1) is 0 Å². The van der Waals surface area contributed by atoms with Gasteiger partial charge in [0.05, 0.1) is 11.3 Å². The lowest BCUT2D eigenvalue weighted by molar-refractivity contribution is 0.0153. The lowest BCUT2D eigenvalue weighted by atomic mass is 10.0. The Labute approximate surface area is 188 Å². The Morgan fingerprint density at radius 1 is 0.969 bits per heavy atom. The predicted molar refractivity (Wildman–Crippen MR) is 117 cm³/mol. The summed E-state index contributed by atoms with van der Waals surface area (Å²) in [6.45, 7) is 3.80. The van der Waals surface area contributed by atoms with Crippen LogP contribution < -0.4 is 9.47 Å². The number of carbonyl (C=O) groups is 1. The molecular weight excluding hydrogens is 408 g/mol. The third-order valence-electron chi connectivity index (χ3n) is 6.91. The number of aryl methyl sites for hydroxylation is 1. The predicted octanol–water partition coefficient (Wildman–Crippen LogP) is 4.73. The molecule has 170 valence electrons. The van der Waals surface area contributed by atoms with Crippen LogP contribution in [0.15, 0.2) is 24.7 Å². The van der Waals surface area contributed by atoms with E-state index in [2.05, 4.69) is 15.0 Å². The molecule has 2 atom stereocenters. The second-order valence-electron chi connectivity index (χ2n) is 9.09. The number of nitrogens with zero attached hydrogens (tertiary/aromatic N) is 4. The molecule has 3 aliphatic rings. The second kappa shape index (κ2) is 8.92. The molecule has 0 N–H and O–H groups in total. The first-order chi connectivity index (χ1) is 15.6. The molecule has 0 aromatic carbocycles.